The average molecular weight is 232 g/mol. The van der Waals surface area contributed by atoms with Gasteiger partial charge in [-0.1, -0.05) is 11.6 Å². The molecule has 0 radical (unpaired) electrons. The summed E-state index contributed by atoms with van der Waals surface area (Å²) in [7, 11) is 0. The topological polar surface area (TPSA) is 12.5 Å². The number of morpholine rings is 1. The maximum Gasteiger partial charge on any atom is 0.0931 e. The average Bonchev–Trinajstić information content (AvgIpc) is 2.51. The summed E-state index contributed by atoms with van der Waals surface area (Å²) in [6, 6.07) is 4.07. The summed E-state index contributed by atoms with van der Waals surface area (Å²) in [4.78, 5) is 3.75. The number of ether oxygens (including phenoxy) is 1. The van der Waals surface area contributed by atoms with Gasteiger partial charge in [0.25, 0.3) is 0 Å². The molecule has 0 N–H and O–H groups in total. The van der Waals surface area contributed by atoms with Gasteiger partial charge in [-0.3, -0.25) is 4.90 Å². The summed E-state index contributed by atoms with van der Waals surface area (Å²) in [5.74, 6) is 0. The quantitative estimate of drug-likeness (QED) is 0.776. The number of nitrogens with zero attached hydrogens (tertiary/aromatic N) is 1. The fraction of sp³-hybridized carbons (Fsp3) is 0.600. The van der Waals surface area contributed by atoms with Crippen LogP contribution in [0.2, 0.25) is 4.34 Å². The lowest BCUT2D eigenvalue weighted by Gasteiger charge is -2.30. The van der Waals surface area contributed by atoms with E-state index < -0.39 is 0 Å². The Morgan fingerprint density at radius 3 is 3.14 bits per heavy atom. The lowest BCUT2D eigenvalue weighted by Crippen LogP contribution is -2.40. The number of hydrogen-bond acceptors (Lipinski definition) is 3. The van der Waals surface area contributed by atoms with E-state index in [0.29, 0.717) is 6.10 Å². The van der Waals surface area contributed by atoms with Crippen LogP contribution >= 0.6 is 22.9 Å². The van der Waals surface area contributed by atoms with Gasteiger partial charge in [-0.25, -0.2) is 0 Å². The van der Waals surface area contributed by atoms with Gasteiger partial charge < -0.3 is 4.74 Å². The second-order valence-electron chi connectivity index (χ2n) is 3.62. The second kappa shape index (κ2) is 4.62. The maximum atomic E-state index is 5.88. The molecule has 1 saturated heterocycles. The van der Waals surface area contributed by atoms with Crippen LogP contribution in [0.25, 0.3) is 0 Å². The molecule has 1 aromatic rings. The molecule has 0 aromatic carbocycles. The number of halogens is 1. The molecule has 0 unspecified atom stereocenters. The molecule has 2 nitrogen and oxygen atoms in total. The van der Waals surface area contributed by atoms with Crippen molar-refractivity contribution in [1.82, 2.24) is 4.90 Å². The monoisotopic (exact) mass is 231 g/mol. The first-order valence-corrected chi connectivity index (χ1v) is 6.01. The molecule has 0 aliphatic carbocycles. The first-order valence-electron chi connectivity index (χ1n) is 4.82. The minimum atomic E-state index is 0.360. The standard InChI is InChI=1S/C10H14ClNOS/c1-8-6-12(4-5-13-8)7-9-2-3-10(11)14-9/h2-3,8H,4-7H2,1H3/t8-/m1/s1. The SMILES string of the molecule is C[C@@H]1CN(Cc2ccc(Cl)s2)CCO1. The Morgan fingerprint density at radius 2 is 2.50 bits per heavy atom. The molecule has 1 fully saturated rings. The van der Waals surface area contributed by atoms with Crippen molar-refractivity contribution >= 4 is 22.9 Å². The van der Waals surface area contributed by atoms with Gasteiger partial charge in [0.05, 0.1) is 17.0 Å². The van der Waals surface area contributed by atoms with Crippen LogP contribution in [0.4, 0.5) is 0 Å². The van der Waals surface area contributed by atoms with Gasteiger partial charge in [0.1, 0.15) is 0 Å². The smallest absolute Gasteiger partial charge is 0.0931 e. The molecular weight excluding hydrogens is 218 g/mol. The molecular formula is C10H14ClNOS. The van der Waals surface area contributed by atoms with Crippen LogP contribution in [0, 0.1) is 0 Å². The van der Waals surface area contributed by atoms with E-state index in [-0.39, 0.29) is 0 Å². The molecule has 1 aliphatic heterocycles. The first kappa shape index (κ1) is 10.4. The van der Waals surface area contributed by atoms with Gasteiger partial charge in [-0.15, -0.1) is 11.3 Å². The van der Waals surface area contributed by atoms with Crippen molar-refractivity contribution in [3.63, 3.8) is 0 Å². The third kappa shape index (κ3) is 2.70. The van der Waals surface area contributed by atoms with Gasteiger partial charge in [-0.2, -0.15) is 0 Å². The highest BCUT2D eigenvalue weighted by atomic mass is 35.5. The van der Waals surface area contributed by atoms with Crippen LogP contribution < -0.4 is 0 Å². The van der Waals surface area contributed by atoms with Gasteiger partial charge in [0.15, 0.2) is 0 Å². The fourth-order valence-corrected chi connectivity index (χ4v) is 2.82. The highest BCUT2D eigenvalue weighted by Crippen LogP contribution is 2.23. The van der Waals surface area contributed by atoms with Crippen molar-refractivity contribution < 1.29 is 4.74 Å². The zero-order valence-electron chi connectivity index (χ0n) is 8.20. The van der Waals surface area contributed by atoms with E-state index in [4.69, 9.17) is 16.3 Å². The summed E-state index contributed by atoms with van der Waals surface area (Å²) in [5, 5.41) is 0. The Labute approximate surface area is 93.4 Å². The molecule has 2 rings (SSSR count). The zero-order chi connectivity index (χ0) is 9.97. The Kier molecular flexibility index (Phi) is 3.44. The second-order valence-corrected chi connectivity index (χ2v) is 5.42. The number of thiophene rings is 1. The van der Waals surface area contributed by atoms with Crippen LogP contribution in [0.15, 0.2) is 12.1 Å². The van der Waals surface area contributed by atoms with Crippen molar-refractivity contribution in [3.8, 4) is 0 Å². The largest absolute Gasteiger partial charge is 0.376 e. The van der Waals surface area contributed by atoms with E-state index in [1.807, 2.05) is 6.07 Å². The predicted octanol–water partition coefficient (Wildman–Crippen LogP) is 2.62. The van der Waals surface area contributed by atoms with Crippen LogP contribution in [0.5, 0.6) is 0 Å². The molecule has 0 bridgehead atoms. The molecule has 0 amide bonds. The number of rotatable bonds is 2. The molecule has 1 aliphatic rings. The van der Waals surface area contributed by atoms with E-state index in [2.05, 4.69) is 17.9 Å². The Balaban J connectivity index is 1.90. The lowest BCUT2D eigenvalue weighted by molar-refractivity contribution is -0.0208. The van der Waals surface area contributed by atoms with Crippen LogP contribution in [-0.2, 0) is 11.3 Å². The van der Waals surface area contributed by atoms with Crippen molar-refractivity contribution in [2.75, 3.05) is 19.7 Å². The Morgan fingerprint density at radius 1 is 1.64 bits per heavy atom. The Bertz CT molecular complexity index is 302. The maximum absolute atomic E-state index is 5.88. The molecule has 0 spiro atoms. The first-order chi connectivity index (χ1) is 6.74. The minimum Gasteiger partial charge on any atom is -0.376 e. The summed E-state index contributed by atoms with van der Waals surface area (Å²) in [5.41, 5.74) is 0. The van der Waals surface area contributed by atoms with Gasteiger partial charge in [0, 0.05) is 24.5 Å². The minimum absolute atomic E-state index is 0.360. The highest BCUT2D eigenvalue weighted by Gasteiger charge is 2.16. The normalized spacial score (nSPS) is 24.0. The molecule has 4 heteroatoms. The van der Waals surface area contributed by atoms with Crippen molar-refractivity contribution in [1.29, 1.82) is 0 Å². The van der Waals surface area contributed by atoms with Crippen molar-refractivity contribution in [3.05, 3.63) is 21.3 Å². The van der Waals surface area contributed by atoms with E-state index in [9.17, 15) is 0 Å². The summed E-state index contributed by atoms with van der Waals surface area (Å²) < 4.78 is 6.36. The summed E-state index contributed by atoms with van der Waals surface area (Å²) in [6.45, 7) is 6.02. The summed E-state index contributed by atoms with van der Waals surface area (Å²) in [6.07, 6.45) is 0.360. The third-order valence-electron chi connectivity index (χ3n) is 2.33. The molecule has 0 saturated carbocycles. The summed E-state index contributed by atoms with van der Waals surface area (Å²) >= 11 is 7.55. The predicted molar refractivity (Wildman–Crippen MR) is 60.0 cm³/mol. The van der Waals surface area contributed by atoms with Gasteiger partial charge >= 0.3 is 0 Å². The third-order valence-corrected chi connectivity index (χ3v) is 3.55. The molecule has 78 valence electrons. The molecule has 2 heterocycles. The van der Waals surface area contributed by atoms with Gasteiger partial charge in [0.2, 0.25) is 0 Å². The highest BCUT2D eigenvalue weighted by molar-refractivity contribution is 7.16. The lowest BCUT2D eigenvalue weighted by atomic mass is 10.3. The molecule has 1 aromatic heterocycles. The Hall–Kier alpha value is -0.0900. The van der Waals surface area contributed by atoms with Crippen LogP contribution in [0.3, 0.4) is 0 Å². The molecule has 1 atom stereocenters. The van der Waals surface area contributed by atoms with E-state index in [0.717, 1.165) is 30.6 Å². The fourth-order valence-electron chi connectivity index (χ4n) is 1.69. The van der Waals surface area contributed by atoms with Gasteiger partial charge in [-0.05, 0) is 19.1 Å². The van der Waals surface area contributed by atoms with Crippen molar-refractivity contribution in [2.45, 2.75) is 19.6 Å². The van der Waals surface area contributed by atoms with E-state index in [1.165, 1.54) is 4.88 Å². The van der Waals surface area contributed by atoms with E-state index in [1.54, 1.807) is 11.3 Å². The number of hydrogen-bond donors (Lipinski definition) is 0. The van der Waals surface area contributed by atoms with Crippen LogP contribution in [-0.4, -0.2) is 30.7 Å². The van der Waals surface area contributed by atoms with E-state index >= 15 is 0 Å². The zero-order valence-corrected chi connectivity index (χ0v) is 9.77. The molecule has 14 heavy (non-hydrogen) atoms. The van der Waals surface area contributed by atoms with Crippen molar-refractivity contribution in [2.24, 2.45) is 0 Å². The van der Waals surface area contributed by atoms with Crippen LogP contribution in [0.1, 0.15) is 11.8 Å².